The number of benzene rings is 1. The number of hydrogen-bond donors (Lipinski definition) is 1. The first-order valence-electron chi connectivity index (χ1n) is 8.24. The summed E-state index contributed by atoms with van der Waals surface area (Å²) in [6.45, 7) is 9.67. The molecule has 4 nitrogen and oxygen atoms in total. The zero-order valence-electron chi connectivity index (χ0n) is 14.1. The Balaban J connectivity index is 2.20. The summed E-state index contributed by atoms with van der Waals surface area (Å²) in [6.07, 6.45) is 1.71. The molecule has 0 aliphatic carbocycles. The predicted molar refractivity (Wildman–Crippen MR) is 93.2 cm³/mol. The van der Waals surface area contributed by atoms with Gasteiger partial charge in [0, 0.05) is 24.4 Å². The van der Waals surface area contributed by atoms with E-state index in [9.17, 15) is 9.18 Å². The number of likely N-dealkylation sites (tertiary alicyclic amines) is 1. The van der Waals surface area contributed by atoms with Gasteiger partial charge in [-0.3, -0.25) is 9.79 Å². The van der Waals surface area contributed by atoms with E-state index in [-0.39, 0.29) is 23.7 Å². The number of rotatable bonds is 4. The Kier molecular flexibility index (Phi) is 4.51. The number of carbonyl (C=O) groups excluding carboxylic acids is 1. The van der Waals surface area contributed by atoms with E-state index in [1.807, 2.05) is 0 Å². The molecule has 0 spiro atoms. The highest BCUT2D eigenvalue weighted by atomic mass is 19.1. The lowest BCUT2D eigenvalue weighted by Gasteiger charge is -2.26. The van der Waals surface area contributed by atoms with E-state index < -0.39 is 0 Å². The molecule has 3 rings (SSSR count). The molecule has 126 valence electrons. The maximum absolute atomic E-state index is 13.4. The van der Waals surface area contributed by atoms with Crippen molar-refractivity contribution in [2.45, 2.75) is 19.9 Å². The van der Waals surface area contributed by atoms with Gasteiger partial charge in [-0.05, 0) is 23.6 Å². The van der Waals surface area contributed by atoms with Crippen molar-refractivity contribution in [2.24, 2.45) is 10.9 Å². The van der Waals surface area contributed by atoms with Crippen LogP contribution in [0.4, 0.5) is 4.39 Å². The number of amides is 1. The lowest BCUT2D eigenvalue weighted by atomic mass is 9.92. The molecule has 5 heteroatoms. The molecule has 1 aromatic carbocycles. The van der Waals surface area contributed by atoms with E-state index in [0.29, 0.717) is 25.3 Å². The minimum atomic E-state index is -0.288. The first-order chi connectivity index (χ1) is 11.5. The Bertz CT molecular complexity index is 719. The van der Waals surface area contributed by atoms with Crippen molar-refractivity contribution in [3.05, 3.63) is 59.6 Å². The van der Waals surface area contributed by atoms with Crippen LogP contribution < -0.4 is 5.32 Å². The highest BCUT2D eigenvalue weighted by Crippen LogP contribution is 2.39. The van der Waals surface area contributed by atoms with E-state index in [4.69, 9.17) is 0 Å². The summed E-state index contributed by atoms with van der Waals surface area (Å²) in [7, 11) is 0. The molecule has 0 saturated carbocycles. The second-order valence-corrected chi connectivity index (χ2v) is 6.34. The number of nitrogens with one attached hydrogen (secondary N) is 1. The number of fused-ring (bicyclic) bond motifs is 1. The van der Waals surface area contributed by atoms with Gasteiger partial charge in [-0.15, -0.1) is 6.58 Å². The van der Waals surface area contributed by atoms with Gasteiger partial charge in [0.2, 0.25) is 0 Å². The highest BCUT2D eigenvalue weighted by Gasteiger charge is 2.43. The normalized spacial score (nSPS) is 20.7. The Morgan fingerprint density at radius 2 is 2.12 bits per heavy atom. The monoisotopic (exact) mass is 327 g/mol. The zero-order valence-corrected chi connectivity index (χ0v) is 14.1. The van der Waals surface area contributed by atoms with E-state index >= 15 is 0 Å². The Hall–Kier alpha value is -2.43. The molecule has 1 saturated heterocycles. The van der Waals surface area contributed by atoms with Gasteiger partial charge >= 0.3 is 0 Å². The van der Waals surface area contributed by atoms with Crippen LogP contribution >= 0.6 is 0 Å². The van der Waals surface area contributed by atoms with Crippen LogP contribution in [0.1, 0.15) is 25.5 Å². The van der Waals surface area contributed by atoms with E-state index in [2.05, 4.69) is 30.7 Å². The minimum absolute atomic E-state index is 0.0823. The van der Waals surface area contributed by atoms with Gasteiger partial charge in [0.25, 0.3) is 5.91 Å². The van der Waals surface area contributed by atoms with Crippen molar-refractivity contribution in [1.82, 2.24) is 10.2 Å². The van der Waals surface area contributed by atoms with Crippen molar-refractivity contribution in [1.29, 1.82) is 0 Å². The quantitative estimate of drug-likeness (QED) is 0.864. The smallest absolute Gasteiger partial charge is 0.273 e. The van der Waals surface area contributed by atoms with Crippen molar-refractivity contribution in [3.63, 3.8) is 0 Å². The molecule has 1 unspecified atom stereocenters. The van der Waals surface area contributed by atoms with Crippen molar-refractivity contribution in [3.8, 4) is 0 Å². The predicted octanol–water partition coefficient (Wildman–Crippen LogP) is 2.85. The molecule has 2 aliphatic rings. The summed E-state index contributed by atoms with van der Waals surface area (Å²) in [4.78, 5) is 19.2. The second kappa shape index (κ2) is 6.59. The van der Waals surface area contributed by atoms with Gasteiger partial charge in [-0.25, -0.2) is 4.39 Å². The summed E-state index contributed by atoms with van der Waals surface area (Å²) in [5.41, 5.74) is 3.37. The third kappa shape index (κ3) is 2.75. The molecule has 2 aliphatic heterocycles. The summed E-state index contributed by atoms with van der Waals surface area (Å²) < 4.78 is 13.4. The number of halogens is 1. The van der Waals surface area contributed by atoms with E-state index in [1.54, 1.807) is 23.1 Å². The first-order valence-corrected chi connectivity index (χ1v) is 8.24. The van der Waals surface area contributed by atoms with E-state index in [0.717, 1.165) is 16.8 Å². The average molecular weight is 327 g/mol. The molecule has 0 radical (unpaired) electrons. The maximum atomic E-state index is 13.4. The standard InChI is InChI=1S/C19H22FN3O/c1-4-11-23-18(13-5-7-14(20)8-6-13)15-16(12(2)3)21-9-10-22-17(15)19(23)24/h4-8,12,18,21H,1,9-11H2,2-3H3. The van der Waals surface area contributed by atoms with E-state index in [1.165, 1.54) is 12.1 Å². The van der Waals surface area contributed by atoms with Crippen LogP contribution in [0.5, 0.6) is 0 Å². The van der Waals surface area contributed by atoms with Crippen LogP contribution in [-0.4, -0.2) is 36.2 Å². The number of carbonyl (C=O) groups is 1. The molecule has 1 fully saturated rings. The lowest BCUT2D eigenvalue weighted by molar-refractivity contribution is -0.123. The molecule has 0 bridgehead atoms. The van der Waals surface area contributed by atoms with Gasteiger partial charge in [0.1, 0.15) is 11.5 Å². The molecular weight excluding hydrogens is 305 g/mol. The molecule has 1 atom stereocenters. The SMILES string of the molecule is C=CCN1C(=O)C2=NCCNC(C(C)C)=C2C1c1ccc(F)cc1. The molecule has 1 amide bonds. The third-order valence-electron chi connectivity index (χ3n) is 4.38. The Morgan fingerprint density at radius 3 is 2.75 bits per heavy atom. The fraction of sp³-hybridized carbons (Fsp3) is 0.368. The summed E-state index contributed by atoms with van der Waals surface area (Å²) >= 11 is 0. The largest absolute Gasteiger partial charge is 0.386 e. The minimum Gasteiger partial charge on any atom is -0.386 e. The summed E-state index contributed by atoms with van der Waals surface area (Å²) in [5.74, 6) is -0.131. The van der Waals surface area contributed by atoms with Crippen LogP contribution in [0.3, 0.4) is 0 Å². The Morgan fingerprint density at radius 1 is 1.42 bits per heavy atom. The Labute approximate surface area is 141 Å². The second-order valence-electron chi connectivity index (χ2n) is 6.34. The molecule has 1 N–H and O–H groups in total. The van der Waals surface area contributed by atoms with Crippen LogP contribution in [0, 0.1) is 11.7 Å². The molecule has 1 aromatic rings. The number of allylic oxidation sites excluding steroid dienone is 1. The van der Waals surface area contributed by atoms with Crippen LogP contribution in [0.25, 0.3) is 0 Å². The average Bonchev–Trinajstić information content (AvgIpc) is 2.72. The molecule has 0 aromatic heterocycles. The number of nitrogens with zero attached hydrogens (tertiary/aromatic N) is 2. The van der Waals surface area contributed by atoms with Gasteiger partial charge < -0.3 is 10.2 Å². The summed E-state index contributed by atoms with van der Waals surface area (Å²) in [5, 5.41) is 3.43. The topological polar surface area (TPSA) is 44.7 Å². The fourth-order valence-electron chi connectivity index (χ4n) is 3.37. The third-order valence-corrected chi connectivity index (χ3v) is 4.38. The molecular formula is C19H22FN3O. The lowest BCUT2D eigenvalue weighted by Crippen LogP contribution is -2.30. The van der Waals surface area contributed by atoms with Gasteiger partial charge in [-0.1, -0.05) is 32.1 Å². The van der Waals surface area contributed by atoms with Gasteiger partial charge in [-0.2, -0.15) is 0 Å². The van der Waals surface area contributed by atoms with Crippen LogP contribution in [0.2, 0.25) is 0 Å². The van der Waals surface area contributed by atoms with Crippen molar-refractivity contribution in [2.75, 3.05) is 19.6 Å². The van der Waals surface area contributed by atoms with Crippen LogP contribution in [-0.2, 0) is 4.79 Å². The number of aliphatic imine (C=N–C) groups is 1. The number of hydrogen-bond acceptors (Lipinski definition) is 3. The van der Waals surface area contributed by atoms with Crippen molar-refractivity contribution < 1.29 is 9.18 Å². The molecule has 24 heavy (non-hydrogen) atoms. The zero-order chi connectivity index (χ0) is 17.3. The van der Waals surface area contributed by atoms with Crippen LogP contribution in [0.15, 0.2) is 53.2 Å². The highest BCUT2D eigenvalue weighted by molar-refractivity contribution is 6.48. The summed E-state index contributed by atoms with van der Waals surface area (Å²) in [6, 6.07) is 6.07. The fourth-order valence-corrected chi connectivity index (χ4v) is 3.37. The maximum Gasteiger partial charge on any atom is 0.273 e. The van der Waals surface area contributed by atoms with Gasteiger partial charge in [0.15, 0.2) is 0 Å². The van der Waals surface area contributed by atoms with Gasteiger partial charge in [0.05, 0.1) is 12.6 Å². The molecule has 2 heterocycles. The van der Waals surface area contributed by atoms with Crippen molar-refractivity contribution >= 4 is 11.6 Å². The first kappa shape index (κ1) is 16.4.